The van der Waals surface area contributed by atoms with Crippen molar-refractivity contribution < 1.29 is 14.8 Å². The predicted molar refractivity (Wildman–Crippen MR) is 71.1 cm³/mol. The molecule has 0 bridgehead atoms. The Labute approximate surface area is 110 Å². The van der Waals surface area contributed by atoms with Crippen molar-refractivity contribution in [1.29, 1.82) is 0 Å². The van der Waals surface area contributed by atoms with E-state index >= 15 is 0 Å². The maximum absolute atomic E-state index is 10.7. The minimum Gasteiger partial charge on any atom is -0.394 e. The zero-order valence-electron chi connectivity index (χ0n) is 10.7. The average Bonchev–Trinajstić information content (AvgIpc) is 2.37. The van der Waals surface area contributed by atoms with Crippen LogP contribution in [0.25, 0.3) is 0 Å². The van der Waals surface area contributed by atoms with Gasteiger partial charge in [0, 0.05) is 24.8 Å². The summed E-state index contributed by atoms with van der Waals surface area (Å²) >= 11 is 0. The van der Waals surface area contributed by atoms with Gasteiger partial charge in [-0.1, -0.05) is 0 Å². The van der Waals surface area contributed by atoms with Gasteiger partial charge in [-0.15, -0.1) is 0 Å². The Morgan fingerprint density at radius 2 is 2.32 bits per heavy atom. The van der Waals surface area contributed by atoms with Gasteiger partial charge in [0.2, 0.25) is 0 Å². The van der Waals surface area contributed by atoms with Gasteiger partial charge in [0.15, 0.2) is 0 Å². The van der Waals surface area contributed by atoms with Crippen molar-refractivity contribution in [3.8, 4) is 0 Å². The van der Waals surface area contributed by atoms with E-state index in [-0.39, 0.29) is 30.2 Å². The van der Waals surface area contributed by atoms with Gasteiger partial charge in [0.1, 0.15) is 5.69 Å². The summed E-state index contributed by atoms with van der Waals surface area (Å²) < 4.78 is 5.55. The number of nitrogens with two attached hydrogens (primary N) is 1. The van der Waals surface area contributed by atoms with Crippen LogP contribution in [0.5, 0.6) is 0 Å². The van der Waals surface area contributed by atoms with Gasteiger partial charge in [0.25, 0.3) is 5.69 Å². The molecule has 0 radical (unpaired) electrons. The molecule has 3 N–H and O–H groups in total. The molecular formula is C12H17N3O4. The van der Waals surface area contributed by atoms with Crippen LogP contribution in [0.2, 0.25) is 0 Å². The summed E-state index contributed by atoms with van der Waals surface area (Å²) in [5, 5.41) is 19.9. The Kier molecular flexibility index (Phi) is 3.87. The number of hydrogen-bond acceptors (Lipinski definition) is 6. The molecule has 0 amide bonds. The predicted octanol–water partition coefficient (Wildman–Crippen LogP) is 0.763. The number of morpholine rings is 1. The van der Waals surface area contributed by atoms with E-state index in [2.05, 4.69) is 0 Å². The molecule has 104 valence electrons. The van der Waals surface area contributed by atoms with Crippen molar-refractivity contribution in [3.05, 3.63) is 28.3 Å². The summed E-state index contributed by atoms with van der Waals surface area (Å²) in [4.78, 5) is 12.2. The molecule has 1 saturated heterocycles. The lowest BCUT2D eigenvalue weighted by Crippen LogP contribution is -2.48. The second-order valence-corrected chi connectivity index (χ2v) is 4.66. The molecule has 2 unspecified atom stereocenters. The molecule has 1 aliphatic rings. The zero-order valence-corrected chi connectivity index (χ0v) is 10.7. The Hall–Kier alpha value is -1.86. The second-order valence-electron chi connectivity index (χ2n) is 4.66. The summed E-state index contributed by atoms with van der Waals surface area (Å²) in [5.41, 5.74) is 6.53. The number of benzene rings is 1. The van der Waals surface area contributed by atoms with Crippen LogP contribution in [0.1, 0.15) is 6.92 Å². The SMILES string of the molecule is CC1CN(c2ccc([N+](=O)[O-])c(N)c2)CC(CO)O1. The standard InChI is InChI=1S/C12H17N3O4/c1-8-5-14(6-10(7-16)19-8)9-2-3-12(15(17)18)11(13)4-9/h2-4,8,10,16H,5-7,13H2,1H3. The number of hydrogen-bond donors (Lipinski definition) is 2. The highest BCUT2D eigenvalue weighted by Gasteiger charge is 2.25. The van der Waals surface area contributed by atoms with Crippen LogP contribution >= 0.6 is 0 Å². The van der Waals surface area contributed by atoms with E-state index in [1.54, 1.807) is 12.1 Å². The minimum absolute atomic E-state index is 0.0117. The molecule has 0 aromatic heterocycles. The first-order valence-electron chi connectivity index (χ1n) is 6.06. The topological polar surface area (TPSA) is 102 Å². The van der Waals surface area contributed by atoms with Gasteiger partial charge in [-0.2, -0.15) is 0 Å². The quantitative estimate of drug-likeness (QED) is 0.476. The normalized spacial score (nSPS) is 23.4. The lowest BCUT2D eigenvalue weighted by molar-refractivity contribution is -0.383. The molecule has 7 nitrogen and oxygen atoms in total. The number of nitrogen functional groups attached to an aromatic ring is 1. The van der Waals surface area contributed by atoms with E-state index in [0.717, 1.165) is 5.69 Å². The van der Waals surface area contributed by atoms with Crippen LogP contribution < -0.4 is 10.6 Å². The third-order valence-corrected chi connectivity index (χ3v) is 3.10. The highest BCUT2D eigenvalue weighted by atomic mass is 16.6. The number of ether oxygens (including phenoxy) is 1. The van der Waals surface area contributed by atoms with E-state index in [9.17, 15) is 15.2 Å². The fraction of sp³-hybridized carbons (Fsp3) is 0.500. The van der Waals surface area contributed by atoms with Crippen molar-refractivity contribution in [3.63, 3.8) is 0 Å². The maximum Gasteiger partial charge on any atom is 0.292 e. The fourth-order valence-corrected chi connectivity index (χ4v) is 2.26. The van der Waals surface area contributed by atoms with Crippen molar-refractivity contribution in [1.82, 2.24) is 0 Å². The van der Waals surface area contributed by atoms with Crippen molar-refractivity contribution in [2.24, 2.45) is 0 Å². The van der Waals surface area contributed by atoms with E-state index in [1.807, 2.05) is 11.8 Å². The number of nitro benzene ring substituents is 1. The average molecular weight is 267 g/mol. The van der Waals surface area contributed by atoms with E-state index < -0.39 is 4.92 Å². The molecule has 1 aliphatic heterocycles. The summed E-state index contributed by atoms with van der Waals surface area (Å²) in [6.45, 7) is 3.07. The Morgan fingerprint density at radius 3 is 2.89 bits per heavy atom. The van der Waals surface area contributed by atoms with Gasteiger partial charge in [-0.25, -0.2) is 0 Å². The number of anilines is 2. The molecule has 1 aromatic rings. The molecule has 19 heavy (non-hydrogen) atoms. The van der Waals surface area contributed by atoms with E-state index in [0.29, 0.717) is 13.1 Å². The van der Waals surface area contributed by atoms with E-state index in [4.69, 9.17) is 10.5 Å². The molecule has 1 aromatic carbocycles. The molecule has 7 heteroatoms. The Balaban J connectivity index is 2.21. The molecule has 0 spiro atoms. The van der Waals surface area contributed by atoms with Gasteiger partial charge in [0.05, 0.1) is 23.7 Å². The lowest BCUT2D eigenvalue weighted by atomic mass is 10.1. The third kappa shape index (κ3) is 2.94. The summed E-state index contributed by atoms with van der Waals surface area (Å²) in [6, 6.07) is 4.66. The van der Waals surface area contributed by atoms with E-state index in [1.165, 1.54) is 6.07 Å². The molecule has 1 fully saturated rings. The highest BCUT2D eigenvalue weighted by molar-refractivity contribution is 5.66. The smallest absolute Gasteiger partial charge is 0.292 e. The first-order chi connectivity index (χ1) is 9.01. The molecule has 0 aliphatic carbocycles. The van der Waals surface area contributed by atoms with Crippen LogP contribution in [0.15, 0.2) is 18.2 Å². The zero-order chi connectivity index (χ0) is 14.0. The number of nitro groups is 1. The van der Waals surface area contributed by atoms with Gasteiger partial charge < -0.3 is 20.5 Å². The monoisotopic (exact) mass is 267 g/mol. The summed E-state index contributed by atoms with van der Waals surface area (Å²) in [7, 11) is 0. The van der Waals surface area contributed by atoms with Gasteiger partial charge in [-0.05, 0) is 19.1 Å². The van der Waals surface area contributed by atoms with Crippen LogP contribution in [0, 0.1) is 10.1 Å². The van der Waals surface area contributed by atoms with Crippen molar-refractivity contribution in [2.45, 2.75) is 19.1 Å². The first-order valence-corrected chi connectivity index (χ1v) is 6.06. The number of rotatable bonds is 3. The second kappa shape index (κ2) is 5.41. The molecular weight excluding hydrogens is 250 g/mol. The van der Waals surface area contributed by atoms with Gasteiger partial charge in [-0.3, -0.25) is 10.1 Å². The van der Waals surface area contributed by atoms with Crippen LogP contribution in [0.3, 0.4) is 0 Å². The van der Waals surface area contributed by atoms with Crippen LogP contribution in [-0.4, -0.2) is 41.9 Å². The lowest BCUT2D eigenvalue weighted by Gasteiger charge is -2.37. The third-order valence-electron chi connectivity index (χ3n) is 3.10. The number of aliphatic hydroxyl groups excluding tert-OH is 1. The van der Waals surface area contributed by atoms with Gasteiger partial charge >= 0.3 is 0 Å². The molecule has 2 rings (SSSR count). The Morgan fingerprint density at radius 1 is 1.58 bits per heavy atom. The molecule has 2 atom stereocenters. The summed E-state index contributed by atoms with van der Waals surface area (Å²) in [5.74, 6) is 0. The number of nitrogens with zero attached hydrogens (tertiary/aromatic N) is 2. The summed E-state index contributed by atoms with van der Waals surface area (Å²) in [6.07, 6.45) is -0.262. The number of aliphatic hydroxyl groups is 1. The first kappa shape index (κ1) is 13.6. The maximum atomic E-state index is 10.7. The Bertz CT molecular complexity index is 480. The van der Waals surface area contributed by atoms with Crippen LogP contribution in [0.4, 0.5) is 17.1 Å². The molecule has 1 heterocycles. The van der Waals surface area contributed by atoms with Crippen molar-refractivity contribution in [2.75, 3.05) is 30.3 Å². The minimum atomic E-state index is -0.502. The van der Waals surface area contributed by atoms with Crippen LogP contribution in [-0.2, 0) is 4.74 Å². The highest BCUT2D eigenvalue weighted by Crippen LogP contribution is 2.28. The molecule has 0 saturated carbocycles. The fourth-order valence-electron chi connectivity index (χ4n) is 2.26. The van der Waals surface area contributed by atoms with Crippen molar-refractivity contribution >= 4 is 17.1 Å². The largest absolute Gasteiger partial charge is 0.394 e.